The predicted molar refractivity (Wildman–Crippen MR) is 84.6 cm³/mol. The molecule has 0 unspecified atom stereocenters. The Morgan fingerprint density at radius 2 is 1.85 bits per heavy atom. The van der Waals surface area contributed by atoms with Crippen molar-refractivity contribution in [1.82, 2.24) is 0 Å². The summed E-state index contributed by atoms with van der Waals surface area (Å²) < 4.78 is 6.51. The molecule has 1 amide bonds. The van der Waals surface area contributed by atoms with Crippen LogP contribution in [0, 0.1) is 0 Å². The van der Waals surface area contributed by atoms with E-state index in [1.165, 1.54) is 0 Å². The van der Waals surface area contributed by atoms with Gasteiger partial charge in [0.15, 0.2) is 0 Å². The molecule has 0 bridgehead atoms. The van der Waals surface area contributed by atoms with Crippen LogP contribution in [0.15, 0.2) is 46.9 Å². The Bertz CT molecular complexity index is 614. The fourth-order valence-electron chi connectivity index (χ4n) is 1.53. The van der Waals surface area contributed by atoms with Gasteiger partial charge < -0.3 is 10.1 Å². The lowest BCUT2D eigenvalue weighted by Crippen LogP contribution is -2.08. The minimum atomic E-state index is -0.0154. The van der Waals surface area contributed by atoms with Crippen molar-refractivity contribution in [2.24, 2.45) is 0 Å². The highest BCUT2D eigenvalue weighted by Gasteiger charge is 2.03. The van der Waals surface area contributed by atoms with Gasteiger partial charge in [0.2, 0.25) is 5.91 Å². The van der Waals surface area contributed by atoms with Gasteiger partial charge in [-0.2, -0.15) is 0 Å². The van der Waals surface area contributed by atoms with Crippen molar-refractivity contribution in [2.45, 2.75) is 13.3 Å². The molecule has 0 aromatic heterocycles. The highest BCUT2D eigenvalue weighted by molar-refractivity contribution is 9.10. The maximum absolute atomic E-state index is 11.3. The Morgan fingerprint density at radius 3 is 2.45 bits per heavy atom. The summed E-state index contributed by atoms with van der Waals surface area (Å²) in [5.41, 5.74) is 0.748. The highest BCUT2D eigenvalue weighted by Crippen LogP contribution is 2.30. The molecule has 1 N–H and O–H groups in total. The van der Waals surface area contributed by atoms with Gasteiger partial charge in [0.05, 0.1) is 5.02 Å². The molecular weight excluding hydrogens is 342 g/mol. The monoisotopic (exact) mass is 353 g/mol. The van der Waals surface area contributed by atoms with Crippen LogP contribution in [0.2, 0.25) is 5.02 Å². The third-order valence-electron chi connectivity index (χ3n) is 2.59. The molecular formula is C15H13BrClNO2. The van der Waals surface area contributed by atoms with E-state index in [-0.39, 0.29) is 5.91 Å². The van der Waals surface area contributed by atoms with Gasteiger partial charge in [-0.3, -0.25) is 4.79 Å². The molecule has 20 heavy (non-hydrogen) atoms. The van der Waals surface area contributed by atoms with E-state index >= 15 is 0 Å². The molecule has 2 rings (SSSR count). The summed E-state index contributed by atoms with van der Waals surface area (Å²) in [4.78, 5) is 11.3. The summed E-state index contributed by atoms with van der Waals surface area (Å²) in [5.74, 6) is 1.32. The van der Waals surface area contributed by atoms with Crippen LogP contribution in [0.3, 0.4) is 0 Å². The Labute approximate surface area is 131 Å². The molecule has 0 fully saturated rings. The highest BCUT2D eigenvalue weighted by atomic mass is 79.9. The Kier molecular flexibility index (Phi) is 5.04. The second-order valence-electron chi connectivity index (χ2n) is 4.10. The lowest BCUT2D eigenvalue weighted by molar-refractivity contribution is -0.115. The number of halogens is 2. The van der Waals surface area contributed by atoms with Crippen LogP contribution in [-0.4, -0.2) is 5.91 Å². The number of hydrogen-bond donors (Lipinski definition) is 1. The normalized spacial score (nSPS) is 10.2. The van der Waals surface area contributed by atoms with Gasteiger partial charge >= 0.3 is 0 Å². The van der Waals surface area contributed by atoms with Gasteiger partial charge in [-0.1, -0.05) is 18.5 Å². The summed E-state index contributed by atoms with van der Waals surface area (Å²) in [5, 5.41) is 3.37. The molecule has 5 heteroatoms. The van der Waals surface area contributed by atoms with E-state index in [2.05, 4.69) is 21.2 Å². The number of ether oxygens (including phenoxy) is 1. The summed E-state index contributed by atoms with van der Waals surface area (Å²) in [7, 11) is 0. The van der Waals surface area contributed by atoms with Crippen molar-refractivity contribution in [2.75, 3.05) is 5.32 Å². The van der Waals surface area contributed by atoms with Gasteiger partial charge in [0.1, 0.15) is 11.5 Å². The zero-order valence-corrected chi connectivity index (χ0v) is 13.2. The molecule has 0 radical (unpaired) electrons. The van der Waals surface area contributed by atoms with Crippen LogP contribution >= 0.6 is 27.5 Å². The van der Waals surface area contributed by atoms with Gasteiger partial charge in [-0.05, 0) is 52.3 Å². The van der Waals surface area contributed by atoms with E-state index in [1.807, 2.05) is 19.1 Å². The quantitative estimate of drug-likeness (QED) is 0.815. The predicted octanol–water partition coefficient (Wildman–Crippen LogP) is 5.24. The van der Waals surface area contributed by atoms with Crippen LogP contribution in [0.1, 0.15) is 13.3 Å². The van der Waals surface area contributed by atoms with E-state index in [1.54, 1.807) is 30.3 Å². The fourth-order valence-corrected chi connectivity index (χ4v) is 1.95. The van der Waals surface area contributed by atoms with Crippen molar-refractivity contribution in [3.8, 4) is 11.5 Å². The number of benzene rings is 2. The van der Waals surface area contributed by atoms with Crippen molar-refractivity contribution in [3.63, 3.8) is 0 Å². The van der Waals surface area contributed by atoms with Crippen LogP contribution in [0.4, 0.5) is 5.69 Å². The summed E-state index contributed by atoms with van der Waals surface area (Å²) in [6.45, 7) is 1.81. The first kappa shape index (κ1) is 14.9. The maximum Gasteiger partial charge on any atom is 0.224 e. The molecule has 0 aliphatic carbocycles. The number of hydrogen-bond acceptors (Lipinski definition) is 2. The first-order valence-electron chi connectivity index (χ1n) is 6.11. The van der Waals surface area contributed by atoms with Crippen LogP contribution < -0.4 is 10.1 Å². The molecule has 2 aromatic carbocycles. The summed E-state index contributed by atoms with van der Waals surface area (Å²) >= 11 is 9.33. The van der Waals surface area contributed by atoms with Gasteiger partial charge in [0.25, 0.3) is 0 Å². The molecule has 0 heterocycles. The minimum Gasteiger partial charge on any atom is -0.457 e. The lowest BCUT2D eigenvalue weighted by Gasteiger charge is -2.08. The largest absolute Gasteiger partial charge is 0.457 e. The number of nitrogens with one attached hydrogen (secondary N) is 1. The first-order valence-corrected chi connectivity index (χ1v) is 7.28. The zero-order valence-electron chi connectivity index (χ0n) is 10.8. The van der Waals surface area contributed by atoms with Crippen LogP contribution in [-0.2, 0) is 4.79 Å². The van der Waals surface area contributed by atoms with E-state index in [0.717, 1.165) is 10.2 Å². The second-order valence-corrected chi connectivity index (χ2v) is 5.37. The molecule has 0 atom stereocenters. The van der Waals surface area contributed by atoms with E-state index < -0.39 is 0 Å². The lowest BCUT2D eigenvalue weighted by atomic mass is 10.3. The zero-order chi connectivity index (χ0) is 14.5. The maximum atomic E-state index is 11.3. The average molecular weight is 355 g/mol. The van der Waals surface area contributed by atoms with Gasteiger partial charge in [-0.15, -0.1) is 0 Å². The molecule has 3 nitrogen and oxygen atoms in total. The molecule has 104 valence electrons. The number of carbonyl (C=O) groups is 1. The molecule has 0 spiro atoms. The smallest absolute Gasteiger partial charge is 0.224 e. The Hall–Kier alpha value is -1.52. The van der Waals surface area contributed by atoms with Crippen molar-refractivity contribution in [1.29, 1.82) is 0 Å². The Morgan fingerprint density at radius 1 is 1.20 bits per heavy atom. The molecule has 0 saturated carbocycles. The number of rotatable bonds is 4. The average Bonchev–Trinajstić information content (AvgIpc) is 2.45. The van der Waals surface area contributed by atoms with Crippen LogP contribution in [0.25, 0.3) is 0 Å². The standard InChI is InChI=1S/C15H13BrClNO2/c1-2-15(19)18-10-3-5-11(6-4-10)20-12-7-8-13(16)14(17)9-12/h3-9H,2H2,1H3,(H,18,19). The van der Waals surface area contributed by atoms with Crippen molar-refractivity contribution >= 4 is 39.1 Å². The third kappa shape index (κ3) is 3.99. The fraction of sp³-hybridized carbons (Fsp3) is 0.133. The summed E-state index contributed by atoms with van der Waals surface area (Å²) in [6.07, 6.45) is 0.454. The Balaban J connectivity index is 2.06. The topological polar surface area (TPSA) is 38.3 Å². The van der Waals surface area contributed by atoms with Crippen molar-refractivity contribution in [3.05, 3.63) is 52.0 Å². The number of amides is 1. The van der Waals surface area contributed by atoms with Crippen molar-refractivity contribution < 1.29 is 9.53 Å². The number of anilines is 1. The first-order chi connectivity index (χ1) is 9.58. The minimum absolute atomic E-state index is 0.0154. The van der Waals surface area contributed by atoms with Gasteiger partial charge in [-0.25, -0.2) is 0 Å². The molecule has 0 aliphatic rings. The summed E-state index contributed by atoms with van der Waals surface area (Å²) in [6, 6.07) is 12.6. The molecule has 2 aromatic rings. The number of carbonyl (C=O) groups excluding carboxylic acids is 1. The third-order valence-corrected chi connectivity index (χ3v) is 3.82. The van der Waals surface area contributed by atoms with E-state index in [0.29, 0.717) is 22.9 Å². The van der Waals surface area contributed by atoms with Crippen LogP contribution in [0.5, 0.6) is 11.5 Å². The van der Waals surface area contributed by atoms with E-state index in [4.69, 9.17) is 16.3 Å². The van der Waals surface area contributed by atoms with E-state index in [9.17, 15) is 4.79 Å². The molecule has 0 aliphatic heterocycles. The van der Waals surface area contributed by atoms with Gasteiger partial charge in [0, 0.05) is 22.6 Å². The molecule has 0 saturated heterocycles. The SMILES string of the molecule is CCC(=O)Nc1ccc(Oc2ccc(Br)c(Cl)c2)cc1. The second kappa shape index (κ2) is 6.77.